The van der Waals surface area contributed by atoms with Crippen LogP contribution in [0.15, 0.2) is 47.5 Å². The number of nitrogens with zero attached hydrogens (tertiary/aromatic N) is 3. The van der Waals surface area contributed by atoms with Crippen molar-refractivity contribution in [3.8, 4) is 16.9 Å². The number of anilines is 1. The van der Waals surface area contributed by atoms with E-state index in [4.69, 9.17) is 9.47 Å². The monoisotopic (exact) mass is 521 g/mol. The van der Waals surface area contributed by atoms with E-state index in [0.29, 0.717) is 58.3 Å². The second kappa shape index (κ2) is 9.78. The second-order valence-corrected chi connectivity index (χ2v) is 9.72. The lowest BCUT2D eigenvalue weighted by atomic mass is 9.93. The van der Waals surface area contributed by atoms with Crippen LogP contribution in [0.1, 0.15) is 38.6 Å². The summed E-state index contributed by atoms with van der Waals surface area (Å²) >= 11 is 1.12. The Kier molecular flexibility index (Phi) is 6.51. The lowest BCUT2D eigenvalue weighted by Gasteiger charge is -2.21. The van der Waals surface area contributed by atoms with Gasteiger partial charge in [0.25, 0.3) is 5.56 Å². The number of halogens is 1. The fourth-order valence-electron chi connectivity index (χ4n) is 4.97. The molecule has 0 amide bonds. The van der Waals surface area contributed by atoms with Crippen LogP contribution in [0.5, 0.6) is 5.75 Å². The molecule has 0 N–H and O–H groups in total. The Hall–Kier alpha value is -4.05. The topological polar surface area (TPSA) is 90.7 Å². The van der Waals surface area contributed by atoms with E-state index in [2.05, 4.69) is 4.37 Å². The van der Waals surface area contributed by atoms with Crippen molar-refractivity contribution in [3.63, 3.8) is 0 Å². The van der Waals surface area contributed by atoms with Gasteiger partial charge in [0.2, 0.25) is 0 Å². The summed E-state index contributed by atoms with van der Waals surface area (Å²) in [6, 6.07) is 8.27. The predicted molar refractivity (Wildman–Crippen MR) is 140 cm³/mol. The average molecular weight is 522 g/mol. The van der Waals surface area contributed by atoms with E-state index < -0.39 is 11.8 Å². The van der Waals surface area contributed by atoms with Crippen LogP contribution in [0.25, 0.3) is 21.2 Å². The number of ether oxygens (including phenoxy) is 2. The molecule has 8 nitrogen and oxygen atoms in total. The number of hydrogen-bond acceptors (Lipinski definition) is 8. The molecule has 1 atom stereocenters. The minimum atomic E-state index is -0.587. The molecular weight excluding hydrogens is 497 g/mol. The van der Waals surface area contributed by atoms with Crippen LogP contribution in [0.4, 0.5) is 10.1 Å². The molecule has 1 aliphatic rings. The van der Waals surface area contributed by atoms with Gasteiger partial charge >= 0.3 is 5.97 Å². The highest BCUT2D eigenvalue weighted by Gasteiger charge is 2.30. The lowest BCUT2D eigenvalue weighted by Crippen LogP contribution is -2.20. The zero-order valence-electron chi connectivity index (χ0n) is 20.5. The molecule has 2 aromatic heterocycles. The van der Waals surface area contributed by atoms with E-state index in [1.807, 2.05) is 4.90 Å². The number of aromatic nitrogens is 2. The average Bonchev–Trinajstić information content (AvgIpc) is 3.60. The number of fused-ring (bicyclic) bond motifs is 1. The molecule has 1 fully saturated rings. The summed E-state index contributed by atoms with van der Waals surface area (Å²) in [5.41, 5.74) is 2.83. The number of aldehydes is 1. The molecule has 0 aliphatic carbocycles. The van der Waals surface area contributed by atoms with Gasteiger partial charge in [-0.05, 0) is 53.8 Å². The minimum Gasteiger partial charge on any atom is -0.496 e. The van der Waals surface area contributed by atoms with E-state index in [1.54, 1.807) is 43.7 Å². The zero-order chi connectivity index (χ0) is 26.3. The molecule has 0 unspecified atom stereocenters. The van der Waals surface area contributed by atoms with Gasteiger partial charge in [0.05, 0.1) is 19.8 Å². The number of hydrogen-bond donors (Lipinski definition) is 0. The molecule has 1 aliphatic heterocycles. The van der Waals surface area contributed by atoms with Crippen molar-refractivity contribution in [1.82, 2.24) is 8.94 Å². The largest absolute Gasteiger partial charge is 0.496 e. The van der Waals surface area contributed by atoms with Crippen molar-refractivity contribution in [2.24, 2.45) is 7.05 Å². The van der Waals surface area contributed by atoms with E-state index in [0.717, 1.165) is 17.2 Å². The Bertz CT molecular complexity index is 1600. The van der Waals surface area contributed by atoms with Gasteiger partial charge in [0.15, 0.2) is 6.29 Å². The van der Waals surface area contributed by atoms with Gasteiger partial charge < -0.3 is 18.9 Å². The van der Waals surface area contributed by atoms with Crippen LogP contribution >= 0.6 is 11.5 Å². The van der Waals surface area contributed by atoms with E-state index in [-0.39, 0.29) is 22.6 Å². The van der Waals surface area contributed by atoms with E-state index in [1.165, 1.54) is 24.9 Å². The van der Waals surface area contributed by atoms with Crippen LogP contribution in [0.3, 0.4) is 0 Å². The van der Waals surface area contributed by atoms with Crippen LogP contribution in [-0.4, -0.2) is 48.5 Å². The highest BCUT2D eigenvalue weighted by Crippen LogP contribution is 2.41. The molecule has 37 heavy (non-hydrogen) atoms. The zero-order valence-corrected chi connectivity index (χ0v) is 21.3. The van der Waals surface area contributed by atoms with Gasteiger partial charge in [-0.25, -0.2) is 9.18 Å². The number of carbonyl (C=O) groups is 2. The number of aryl methyl sites for hydroxylation is 1. The first-order chi connectivity index (χ1) is 17.9. The minimum absolute atomic E-state index is 0.145. The van der Waals surface area contributed by atoms with Crippen molar-refractivity contribution >= 4 is 39.6 Å². The highest BCUT2D eigenvalue weighted by atomic mass is 32.1. The summed E-state index contributed by atoms with van der Waals surface area (Å²) in [4.78, 5) is 38.0. The molecule has 0 bridgehead atoms. The fourth-order valence-corrected chi connectivity index (χ4v) is 5.72. The van der Waals surface area contributed by atoms with Gasteiger partial charge in [-0.15, -0.1) is 0 Å². The maximum absolute atomic E-state index is 15.7. The summed E-state index contributed by atoms with van der Waals surface area (Å²) in [5.74, 6) is -0.702. The van der Waals surface area contributed by atoms with Crippen molar-refractivity contribution in [2.45, 2.75) is 12.3 Å². The normalized spacial score (nSPS) is 15.2. The number of pyridine rings is 1. The molecule has 4 aromatic rings. The fraction of sp³-hybridized carbons (Fsp3) is 0.259. The Balaban J connectivity index is 1.49. The molecule has 5 rings (SSSR count). The summed E-state index contributed by atoms with van der Waals surface area (Å²) in [5, 5.41) is 0.675. The standard InChI is InChI=1S/C27H24FN3O5S/c1-30-13-21(20-11-29-37-25(20)26(30)33)17-8-22(28)24(23(9-17)35-2)15-6-7-31(12-15)18-5-4-16(14-32)19(10-18)27(34)36-3/h4-5,8-11,13-15H,6-7,12H2,1-3H3/t15-/m1/s1. The summed E-state index contributed by atoms with van der Waals surface area (Å²) in [6.07, 6.45) is 4.61. The van der Waals surface area contributed by atoms with Gasteiger partial charge in [-0.2, -0.15) is 4.37 Å². The maximum Gasteiger partial charge on any atom is 0.338 e. The smallest absolute Gasteiger partial charge is 0.338 e. The van der Waals surface area contributed by atoms with Crippen molar-refractivity contribution in [2.75, 3.05) is 32.2 Å². The number of carbonyl (C=O) groups excluding carboxylic acids is 2. The SMILES string of the molecule is COC(=O)c1cc(N2CC[C@@H](c3c(F)cc(-c4cn(C)c(=O)c5sncc45)cc3OC)C2)ccc1C=O. The number of esters is 1. The Labute approximate surface area is 216 Å². The highest BCUT2D eigenvalue weighted by molar-refractivity contribution is 7.13. The Morgan fingerprint density at radius 2 is 2.05 bits per heavy atom. The third-order valence-electron chi connectivity index (χ3n) is 6.85. The van der Waals surface area contributed by atoms with Crippen LogP contribution < -0.4 is 15.2 Å². The molecule has 190 valence electrons. The first-order valence-corrected chi connectivity index (χ1v) is 12.4. The van der Waals surface area contributed by atoms with Gasteiger partial charge in [0.1, 0.15) is 16.3 Å². The predicted octanol–water partition coefficient (Wildman–Crippen LogP) is 4.40. The van der Waals surface area contributed by atoms with Crippen LogP contribution in [-0.2, 0) is 11.8 Å². The Morgan fingerprint density at radius 3 is 2.78 bits per heavy atom. The van der Waals surface area contributed by atoms with Crippen molar-refractivity contribution in [1.29, 1.82) is 0 Å². The van der Waals surface area contributed by atoms with Gasteiger partial charge in [-0.3, -0.25) is 9.59 Å². The first kappa shape index (κ1) is 24.6. The van der Waals surface area contributed by atoms with Crippen LogP contribution in [0, 0.1) is 5.82 Å². The van der Waals surface area contributed by atoms with Crippen molar-refractivity contribution < 1.29 is 23.5 Å². The van der Waals surface area contributed by atoms with Gasteiger partial charge in [-0.1, -0.05) is 0 Å². The van der Waals surface area contributed by atoms with Crippen LogP contribution in [0.2, 0.25) is 0 Å². The summed E-state index contributed by atoms with van der Waals surface area (Å²) in [7, 11) is 4.44. The molecule has 0 saturated carbocycles. The van der Waals surface area contributed by atoms with E-state index >= 15 is 4.39 Å². The second-order valence-electron chi connectivity index (χ2n) is 8.91. The molecule has 2 aromatic carbocycles. The summed E-state index contributed by atoms with van der Waals surface area (Å²) < 4.78 is 32.3. The molecule has 10 heteroatoms. The third-order valence-corrected chi connectivity index (χ3v) is 7.64. The Morgan fingerprint density at radius 1 is 1.24 bits per heavy atom. The molecule has 3 heterocycles. The number of methoxy groups -OCH3 is 2. The molecular formula is C27H24FN3O5S. The molecule has 1 saturated heterocycles. The van der Waals surface area contributed by atoms with Gasteiger partial charge in [0, 0.05) is 66.2 Å². The lowest BCUT2D eigenvalue weighted by molar-refractivity contribution is 0.0598. The van der Waals surface area contributed by atoms with Crippen molar-refractivity contribution in [3.05, 3.63) is 75.6 Å². The number of benzene rings is 2. The summed E-state index contributed by atoms with van der Waals surface area (Å²) in [6.45, 7) is 1.14. The molecule has 0 spiro atoms. The molecule has 0 radical (unpaired) electrons. The first-order valence-electron chi connectivity index (χ1n) is 11.6. The quantitative estimate of drug-likeness (QED) is 0.274. The number of rotatable bonds is 6. The van der Waals surface area contributed by atoms with E-state index in [9.17, 15) is 14.4 Å². The third kappa shape index (κ3) is 4.27. The maximum atomic E-state index is 15.7.